The van der Waals surface area contributed by atoms with Gasteiger partial charge >= 0.3 is 0 Å². The van der Waals surface area contributed by atoms with Gasteiger partial charge in [-0.3, -0.25) is 4.79 Å². The summed E-state index contributed by atoms with van der Waals surface area (Å²) in [6.45, 7) is 6.84. The Morgan fingerprint density at radius 3 is 1.81 bits per heavy atom. The van der Waals surface area contributed by atoms with E-state index in [1.54, 1.807) is 20.3 Å². The standard InChI is InChI=1S/C25H29BrO4Si/c1-24(2,3)31(19-12-8-6-9-13-19,20-14-10-7-11-15-20)30-18-21-23(26)22(27)16-17-25(21,28-4)29-5/h6-17H,18H2,1-5H3. The summed E-state index contributed by atoms with van der Waals surface area (Å²) in [6.07, 6.45) is 3.10. The van der Waals surface area contributed by atoms with Gasteiger partial charge in [0, 0.05) is 19.8 Å². The Morgan fingerprint density at radius 1 is 0.903 bits per heavy atom. The van der Waals surface area contributed by atoms with E-state index >= 15 is 0 Å². The van der Waals surface area contributed by atoms with Crippen molar-refractivity contribution in [2.75, 3.05) is 20.8 Å². The Hall–Kier alpha value is -1.83. The molecule has 4 nitrogen and oxygen atoms in total. The monoisotopic (exact) mass is 500 g/mol. The number of halogens is 1. The lowest BCUT2D eigenvalue weighted by Gasteiger charge is -2.44. The number of methoxy groups -OCH3 is 2. The Balaban J connectivity index is 2.16. The van der Waals surface area contributed by atoms with E-state index in [2.05, 4.69) is 61.0 Å². The number of ether oxygens (including phenoxy) is 2. The number of benzene rings is 2. The van der Waals surface area contributed by atoms with E-state index < -0.39 is 14.1 Å². The van der Waals surface area contributed by atoms with E-state index in [0.29, 0.717) is 10.1 Å². The lowest BCUT2D eigenvalue weighted by molar-refractivity contribution is -0.148. The van der Waals surface area contributed by atoms with E-state index in [-0.39, 0.29) is 17.4 Å². The minimum atomic E-state index is -2.77. The van der Waals surface area contributed by atoms with Crippen molar-refractivity contribution < 1.29 is 18.7 Å². The summed E-state index contributed by atoms with van der Waals surface area (Å²) in [5.74, 6) is -1.29. The number of rotatable bonds is 7. The summed E-state index contributed by atoms with van der Waals surface area (Å²) in [4.78, 5) is 12.4. The van der Waals surface area contributed by atoms with E-state index in [9.17, 15) is 4.79 Å². The van der Waals surface area contributed by atoms with Gasteiger partial charge in [-0.15, -0.1) is 0 Å². The van der Waals surface area contributed by atoms with Gasteiger partial charge < -0.3 is 13.9 Å². The van der Waals surface area contributed by atoms with E-state index in [0.717, 1.165) is 0 Å². The van der Waals surface area contributed by atoms with Gasteiger partial charge in [0.15, 0.2) is 5.78 Å². The number of ketones is 1. The zero-order valence-corrected chi connectivity index (χ0v) is 21.2. The third-order valence-corrected chi connectivity index (χ3v) is 11.7. The summed E-state index contributed by atoms with van der Waals surface area (Å²) < 4.78 is 18.8. The fourth-order valence-corrected chi connectivity index (χ4v) is 9.27. The quantitative estimate of drug-likeness (QED) is 0.418. The topological polar surface area (TPSA) is 44.8 Å². The highest BCUT2D eigenvalue weighted by Gasteiger charge is 2.51. The van der Waals surface area contributed by atoms with Crippen molar-refractivity contribution in [1.82, 2.24) is 0 Å². The molecule has 0 radical (unpaired) electrons. The van der Waals surface area contributed by atoms with Gasteiger partial charge in [-0.1, -0.05) is 81.4 Å². The van der Waals surface area contributed by atoms with Crippen LogP contribution in [0.25, 0.3) is 0 Å². The second-order valence-electron chi connectivity index (χ2n) is 8.52. The zero-order chi connectivity index (χ0) is 22.7. The molecule has 0 aromatic heterocycles. The fourth-order valence-electron chi connectivity index (χ4n) is 4.23. The molecule has 0 bridgehead atoms. The van der Waals surface area contributed by atoms with Gasteiger partial charge in [0.05, 0.1) is 11.1 Å². The molecule has 0 N–H and O–H groups in total. The molecule has 0 spiro atoms. The van der Waals surface area contributed by atoms with Crippen LogP contribution in [0.5, 0.6) is 0 Å². The van der Waals surface area contributed by atoms with Crippen LogP contribution in [0.4, 0.5) is 0 Å². The number of carbonyl (C=O) groups excluding carboxylic acids is 1. The van der Waals surface area contributed by atoms with Crippen molar-refractivity contribution in [1.29, 1.82) is 0 Å². The Bertz CT molecular complexity index is 934. The summed E-state index contributed by atoms with van der Waals surface area (Å²) in [5.41, 5.74) is 0.623. The smallest absolute Gasteiger partial charge is 0.261 e. The third kappa shape index (κ3) is 4.27. The fraction of sp³-hybridized carbons (Fsp3) is 0.320. The van der Waals surface area contributed by atoms with Crippen LogP contribution in [0.2, 0.25) is 5.04 Å². The van der Waals surface area contributed by atoms with Gasteiger partial charge in [-0.05, 0) is 43.5 Å². The van der Waals surface area contributed by atoms with Crippen LogP contribution in [0.3, 0.4) is 0 Å². The molecular formula is C25H29BrO4Si. The maximum Gasteiger partial charge on any atom is 0.261 e. The van der Waals surface area contributed by atoms with Crippen molar-refractivity contribution in [3.05, 3.63) is 82.9 Å². The normalized spacial score (nSPS) is 16.6. The van der Waals surface area contributed by atoms with Crippen LogP contribution in [0, 0.1) is 0 Å². The number of hydrogen-bond donors (Lipinski definition) is 0. The molecule has 0 saturated heterocycles. The molecule has 0 unspecified atom stereocenters. The van der Waals surface area contributed by atoms with Crippen LogP contribution in [-0.2, 0) is 18.7 Å². The Labute approximate surface area is 194 Å². The first-order chi connectivity index (χ1) is 14.7. The maximum atomic E-state index is 12.4. The average Bonchev–Trinajstić information content (AvgIpc) is 2.78. The Kier molecular flexibility index (Phi) is 7.18. The van der Waals surface area contributed by atoms with Crippen molar-refractivity contribution >= 4 is 40.4 Å². The minimum Gasteiger partial charge on any atom is -0.403 e. The second kappa shape index (κ2) is 9.34. The van der Waals surface area contributed by atoms with Crippen molar-refractivity contribution in [3.8, 4) is 0 Å². The number of allylic oxidation sites excluding steroid dienone is 2. The van der Waals surface area contributed by atoms with Gasteiger partial charge in [0.1, 0.15) is 0 Å². The summed E-state index contributed by atoms with van der Waals surface area (Å²) in [6, 6.07) is 20.8. The molecule has 2 aromatic carbocycles. The predicted octanol–water partition coefficient (Wildman–Crippen LogP) is 4.34. The highest BCUT2D eigenvalue weighted by Crippen LogP contribution is 2.39. The van der Waals surface area contributed by atoms with Crippen LogP contribution in [0.15, 0.2) is 82.9 Å². The molecule has 3 rings (SSSR count). The molecule has 0 amide bonds. The van der Waals surface area contributed by atoms with Crippen molar-refractivity contribution in [3.63, 3.8) is 0 Å². The summed E-state index contributed by atoms with van der Waals surface area (Å²) >= 11 is 3.46. The van der Waals surface area contributed by atoms with Crippen molar-refractivity contribution in [2.24, 2.45) is 0 Å². The molecule has 164 valence electrons. The molecule has 1 aliphatic carbocycles. The zero-order valence-electron chi connectivity index (χ0n) is 18.6. The first-order valence-electron chi connectivity index (χ1n) is 10.2. The Morgan fingerprint density at radius 2 is 1.39 bits per heavy atom. The average molecular weight is 501 g/mol. The van der Waals surface area contributed by atoms with Crippen LogP contribution >= 0.6 is 15.9 Å². The second-order valence-corrected chi connectivity index (χ2v) is 13.6. The minimum absolute atomic E-state index is 0.134. The van der Waals surface area contributed by atoms with Crippen LogP contribution in [0.1, 0.15) is 20.8 Å². The lowest BCUT2D eigenvalue weighted by atomic mass is 9.99. The highest BCUT2D eigenvalue weighted by atomic mass is 79.9. The molecule has 0 heterocycles. The first-order valence-corrected chi connectivity index (χ1v) is 12.9. The van der Waals surface area contributed by atoms with E-state index in [1.807, 2.05) is 36.4 Å². The molecule has 2 aromatic rings. The van der Waals surface area contributed by atoms with E-state index in [1.165, 1.54) is 16.4 Å². The third-order valence-electron chi connectivity index (χ3n) is 5.81. The molecule has 0 saturated carbocycles. The van der Waals surface area contributed by atoms with Crippen molar-refractivity contribution in [2.45, 2.75) is 31.6 Å². The molecular weight excluding hydrogens is 472 g/mol. The largest absolute Gasteiger partial charge is 0.403 e. The van der Waals surface area contributed by atoms with Gasteiger partial charge in [0.25, 0.3) is 8.32 Å². The van der Waals surface area contributed by atoms with E-state index in [4.69, 9.17) is 13.9 Å². The molecule has 0 aliphatic heterocycles. The maximum absolute atomic E-state index is 12.4. The summed E-state index contributed by atoms with van der Waals surface area (Å²) in [5, 5.41) is 2.16. The predicted molar refractivity (Wildman–Crippen MR) is 130 cm³/mol. The lowest BCUT2D eigenvalue weighted by Crippen LogP contribution is -2.67. The van der Waals surface area contributed by atoms with Gasteiger partial charge in [0.2, 0.25) is 5.79 Å². The number of carbonyl (C=O) groups is 1. The summed E-state index contributed by atoms with van der Waals surface area (Å²) in [7, 11) is 0.350. The van der Waals surface area contributed by atoms with Gasteiger partial charge in [-0.25, -0.2) is 0 Å². The first kappa shape index (κ1) is 23.8. The molecule has 1 aliphatic rings. The van der Waals surface area contributed by atoms with Crippen LogP contribution in [-0.4, -0.2) is 40.7 Å². The molecule has 31 heavy (non-hydrogen) atoms. The van der Waals surface area contributed by atoms with Crippen LogP contribution < -0.4 is 10.4 Å². The molecule has 6 heteroatoms. The highest BCUT2D eigenvalue weighted by molar-refractivity contribution is 9.12. The molecule has 0 atom stereocenters. The SMILES string of the molecule is COC1(OC)C=CC(=O)C(Br)=C1CO[Si](c1ccccc1)(c1ccccc1)C(C)(C)C. The number of hydrogen-bond acceptors (Lipinski definition) is 4. The molecule has 0 fully saturated rings. The van der Waals surface area contributed by atoms with Gasteiger partial charge in [-0.2, -0.15) is 0 Å².